The first-order chi connectivity index (χ1) is 16.2. The monoisotopic (exact) mass is 441 g/mol. The molecule has 7 nitrogen and oxygen atoms in total. The van der Waals surface area contributed by atoms with Gasteiger partial charge in [0.15, 0.2) is 5.82 Å². The smallest absolute Gasteiger partial charge is 0.259 e. The van der Waals surface area contributed by atoms with Crippen LogP contribution in [-0.4, -0.2) is 58.4 Å². The fraction of sp³-hybridized carbons (Fsp3) is 0.231. The van der Waals surface area contributed by atoms with Crippen LogP contribution in [0.5, 0.6) is 5.75 Å². The van der Waals surface area contributed by atoms with E-state index in [1.807, 2.05) is 88.1 Å². The van der Waals surface area contributed by atoms with E-state index in [9.17, 15) is 4.79 Å². The van der Waals surface area contributed by atoms with Crippen LogP contribution in [0.15, 0.2) is 79.1 Å². The number of carbonyl (C=O) groups excluding carboxylic acids is 1. The Morgan fingerprint density at radius 3 is 2.15 bits per heavy atom. The summed E-state index contributed by atoms with van der Waals surface area (Å²) in [6.07, 6.45) is 3.91. The van der Waals surface area contributed by atoms with Crippen molar-refractivity contribution < 1.29 is 9.53 Å². The molecule has 1 aliphatic heterocycles. The lowest BCUT2D eigenvalue weighted by Gasteiger charge is -2.36. The van der Waals surface area contributed by atoms with E-state index in [1.165, 1.54) is 0 Å². The summed E-state index contributed by atoms with van der Waals surface area (Å²) < 4.78 is 9.08. The summed E-state index contributed by atoms with van der Waals surface area (Å²) in [5.41, 5.74) is 3.44. The van der Waals surface area contributed by atoms with E-state index in [4.69, 9.17) is 9.84 Å². The maximum atomic E-state index is 13.7. The Bertz CT molecular complexity index is 1220. The Balaban J connectivity index is 1.42. The van der Waals surface area contributed by atoms with Crippen molar-refractivity contribution in [3.8, 4) is 17.3 Å². The fourth-order valence-electron chi connectivity index (χ4n) is 4.35. The second-order valence-corrected chi connectivity index (χ2v) is 8.10. The topological polar surface area (TPSA) is 55.5 Å². The van der Waals surface area contributed by atoms with E-state index in [-0.39, 0.29) is 5.91 Å². The zero-order valence-electron chi connectivity index (χ0n) is 18.9. The molecule has 3 heterocycles. The standard InChI is InChI=1S/C26H27N5O2/c1-20-24(25(29-14-6-7-15-29)31(27-20)22-8-4-3-5-9-22)26(32)30-18-16-28(17-19-30)21-10-12-23(33-2)13-11-21/h3-15H,16-19H2,1-2H3. The molecule has 0 unspecified atom stereocenters. The molecular weight excluding hydrogens is 414 g/mol. The number of aryl methyl sites for hydroxylation is 1. The van der Waals surface area contributed by atoms with Crippen molar-refractivity contribution in [3.05, 3.63) is 90.4 Å². The lowest BCUT2D eigenvalue weighted by molar-refractivity contribution is 0.0746. The van der Waals surface area contributed by atoms with Crippen LogP contribution in [0.2, 0.25) is 0 Å². The minimum absolute atomic E-state index is 0.0211. The average Bonchev–Trinajstić information content (AvgIpc) is 3.52. The number of carbonyl (C=O) groups is 1. The van der Waals surface area contributed by atoms with Crippen LogP contribution in [0.25, 0.3) is 11.5 Å². The van der Waals surface area contributed by atoms with Gasteiger partial charge in [-0.05, 0) is 55.5 Å². The number of piperazine rings is 1. The normalized spacial score (nSPS) is 13.9. The summed E-state index contributed by atoms with van der Waals surface area (Å²) in [6, 6.07) is 21.9. The quantitative estimate of drug-likeness (QED) is 0.471. The minimum atomic E-state index is 0.0211. The predicted octanol–water partition coefficient (Wildman–Crippen LogP) is 3.94. The summed E-state index contributed by atoms with van der Waals surface area (Å²) >= 11 is 0. The zero-order valence-corrected chi connectivity index (χ0v) is 18.9. The molecule has 0 N–H and O–H groups in total. The molecule has 7 heteroatoms. The first-order valence-electron chi connectivity index (χ1n) is 11.1. The Morgan fingerprint density at radius 2 is 1.52 bits per heavy atom. The molecule has 168 valence electrons. The van der Waals surface area contributed by atoms with Crippen molar-refractivity contribution in [1.29, 1.82) is 0 Å². The van der Waals surface area contributed by atoms with Crippen molar-refractivity contribution in [2.75, 3.05) is 38.2 Å². The maximum Gasteiger partial charge on any atom is 0.259 e. The van der Waals surface area contributed by atoms with Gasteiger partial charge in [-0.15, -0.1) is 0 Å². The Hall–Kier alpha value is -4.00. The molecule has 0 saturated carbocycles. The first kappa shape index (κ1) is 20.9. The second kappa shape index (κ2) is 8.86. The van der Waals surface area contributed by atoms with Crippen LogP contribution in [0.1, 0.15) is 16.1 Å². The second-order valence-electron chi connectivity index (χ2n) is 8.10. The fourth-order valence-corrected chi connectivity index (χ4v) is 4.35. The zero-order chi connectivity index (χ0) is 22.8. The number of aromatic nitrogens is 3. The van der Waals surface area contributed by atoms with Gasteiger partial charge in [-0.25, -0.2) is 4.68 Å². The molecule has 1 aliphatic rings. The van der Waals surface area contributed by atoms with Crippen molar-refractivity contribution in [2.24, 2.45) is 0 Å². The molecular formula is C26H27N5O2. The molecule has 0 bridgehead atoms. The van der Waals surface area contributed by atoms with E-state index in [1.54, 1.807) is 7.11 Å². The van der Waals surface area contributed by atoms with Gasteiger partial charge < -0.3 is 19.1 Å². The van der Waals surface area contributed by atoms with Crippen LogP contribution in [0.3, 0.4) is 0 Å². The Labute approximate surface area is 193 Å². The van der Waals surface area contributed by atoms with Crippen LogP contribution in [0.4, 0.5) is 5.69 Å². The highest BCUT2D eigenvalue weighted by Gasteiger charge is 2.29. The third-order valence-electron chi connectivity index (χ3n) is 6.10. The Kier molecular flexibility index (Phi) is 5.60. The van der Waals surface area contributed by atoms with E-state index in [0.717, 1.165) is 41.7 Å². The number of ether oxygens (including phenoxy) is 1. The number of nitrogens with zero attached hydrogens (tertiary/aromatic N) is 5. The number of methoxy groups -OCH3 is 1. The number of hydrogen-bond acceptors (Lipinski definition) is 4. The highest BCUT2D eigenvalue weighted by Crippen LogP contribution is 2.26. The number of hydrogen-bond donors (Lipinski definition) is 0. The predicted molar refractivity (Wildman–Crippen MR) is 129 cm³/mol. The third-order valence-corrected chi connectivity index (χ3v) is 6.10. The highest BCUT2D eigenvalue weighted by atomic mass is 16.5. The number of para-hydroxylation sites is 1. The first-order valence-corrected chi connectivity index (χ1v) is 11.1. The molecule has 33 heavy (non-hydrogen) atoms. The molecule has 2 aromatic carbocycles. The van der Waals surface area contributed by atoms with Gasteiger partial charge in [-0.3, -0.25) is 4.79 Å². The number of anilines is 1. The molecule has 0 aliphatic carbocycles. The Morgan fingerprint density at radius 1 is 0.848 bits per heavy atom. The molecule has 2 aromatic heterocycles. The van der Waals surface area contributed by atoms with Crippen LogP contribution in [-0.2, 0) is 0 Å². The molecule has 5 rings (SSSR count). The van der Waals surface area contributed by atoms with Gasteiger partial charge in [0.05, 0.1) is 18.5 Å². The summed E-state index contributed by atoms with van der Waals surface area (Å²) in [6.45, 7) is 4.79. The average molecular weight is 442 g/mol. The van der Waals surface area contributed by atoms with Crippen molar-refractivity contribution >= 4 is 11.6 Å². The molecule has 4 aromatic rings. The molecule has 1 saturated heterocycles. The maximum absolute atomic E-state index is 13.7. The van der Waals surface area contributed by atoms with E-state index in [2.05, 4.69) is 17.0 Å². The van der Waals surface area contributed by atoms with Crippen LogP contribution in [0, 0.1) is 6.92 Å². The number of benzene rings is 2. The van der Waals surface area contributed by atoms with E-state index < -0.39 is 0 Å². The summed E-state index contributed by atoms with van der Waals surface area (Å²) in [5.74, 6) is 1.63. The molecule has 1 amide bonds. The van der Waals surface area contributed by atoms with Crippen molar-refractivity contribution in [3.63, 3.8) is 0 Å². The van der Waals surface area contributed by atoms with Gasteiger partial charge in [-0.2, -0.15) is 5.10 Å². The number of amides is 1. The van der Waals surface area contributed by atoms with Gasteiger partial charge in [0, 0.05) is 44.3 Å². The van der Waals surface area contributed by atoms with Gasteiger partial charge >= 0.3 is 0 Å². The van der Waals surface area contributed by atoms with Crippen LogP contribution < -0.4 is 9.64 Å². The van der Waals surface area contributed by atoms with Gasteiger partial charge in [0.2, 0.25) is 0 Å². The van der Waals surface area contributed by atoms with E-state index in [0.29, 0.717) is 18.7 Å². The summed E-state index contributed by atoms with van der Waals surface area (Å²) in [7, 11) is 1.67. The van der Waals surface area contributed by atoms with E-state index >= 15 is 0 Å². The van der Waals surface area contributed by atoms with Gasteiger partial charge in [-0.1, -0.05) is 18.2 Å². The highest BCUT2D eigenvalue weighted by molar-refractivity contribution is 5.99. The number of rotatable bonds is 5. The molecule has 0 radical (unpaired) electrons. The van der Waals surface area contributed by atoms with Crippen molar-refractivity contribution in [1.82, 2.24) is 19.2 Å². The largest absolute Gasteiger partial charge is 0.497 e. The molecule has 0 atom stereocenters. The third kappa shape index (κ3) is 3.98. The molecule has 0 spiro atoms. The van der Waals surface area contributed by atoms with Crippen LogP contribution >= 0.6 is 0 Å². The lowest BCUT2D eigenvalue weighted by Crippen LogP contribution is -2.49. The van der Waals surface area contributed by atoms with Gasteiger partial charge in [0.1, 0.15) is 11.3 Å². The summed E-state index contributed by atoms with van der Waals surface area (Å²) in [5, 5.41) is 4.76. The van der Waals surface area contributed by atoms with Crippen molar-refractivity contribution in [2.45, 2.75) is 6.92 Å². The van der Waals surface area contributed by atoms with Gasteiger partial charge in [0.25, 0.3) is 5.91 Å². The molecule has 1 fully saturated rings. The minimum Gasteiger partial charge on any atom is -0.497 e. The lowest BCUT2D eigenvalue weighted by atomic mass is 10.1. The SMILES string of the molecule is COc1ccc(N2CCN(C(=O)c3c(C)nn(-c4ccccc4)c3-n3cccc3)CC2)cc1. The summed E-state index contributed by atoms with van der Waals surface area (Å²) in [4.78, 5) is 18.0.